The molecule has 0 saturated heterocycles. The van der Waals surface area contributed by atoms with Gasteiger partial charge in [0.15, 0.2) is 0 Å². The van der Waals surface area contributed by atoms with Crippen molar-refractivity contribution < 1.29 is 9.59 Å². The first-order valence-electron chi connectivity index (χ1n) is 9.98. The first-order chi connectivity index (χ1) is 14.4. The molecule has 0 aliphatic carbocycles. The van der Waals surface area contributed by atoms with Gasteiger partial charge in [-0.15, -0.1) is 0 Å². The first-order valence-corrected chi connectivity index (χ1v) is 9.98. The largest absolute Gasteiger partial charge is 0.384 e. The van der Waals surface area contributed by atoms with E-state index in [9.17, 15) is 9.59 Å². The Bertz CT molecular complexity index is 836. The second kappa shape index (κ2) is 11.7. The molecule has 0 aliphatic heterocycles. The number of rotatable bonds is 11. The summed E-state index contributed by atoms with van der Waals surface area (Å²) in [4.78, 5) is 29.0. The Kier molecular flexibility index (Phi) is 8.96. The van der Waals surface area contributed by atoms with Crippen molar-refractivity contribution in [1.82, 2.24) is 20.9 Å². The van der Waals surface area contributed by atoms with Gasteiger partial charge in [-0.3, -0.25) is 20.0 Å². The number of amidine groups is 1. The summed E-state index contributed by atoms with van der Waals surface area (Å²) in [6, 6.07) is 12.3. The molecule has 1 unspecified atom stereocenters. The van der Waals surface area contributed by atoms with Gasteiger partial charge in [0.2, 0.25) is 11.8 Å². The predicted octanol–water partition coefficient (Wildman–Crippen LogP) is 0.955. The molecule has 30 heavy (non-hydrogen) atoms. The molecule has 1 atom stereocenters. The summed E-state index contributed by atoms with van der Waals surface area (Å²) in [6.45, 7) is 4.84. The highest BCUT2D eigenvalue weighted by Gasteiger charge is 2.23. The van der Waals surface area contributed by atoms with E-state index in [0.717, 1.165) is 11.3 Å². The molecule has 2 rings (SSSR count). The lowest BCUT2D eigenvalue weighted by atomic mass is 10.0. The van der Waals surface area contributed by atoms with Gasteiger partial charge >= 0.3 is 0 Å². The number of aromatic nitrogens is 1. The summed E-state index contributed by atoms with van der Waals surface area (Å²) in [5.74, 6) is -0.460. The average molecular weight is 411 g/mol. The maximum Gasteiger partial charge on any atom is 0.242 e. The SMILES string of the molecule is CC(C)C(NC(=O)CNCc1ccc(C(=N)N)cc1)C(=O)NCCc1ccccn1. The van der Waals surface area contributed by atoms with Crippen LogP contribution in [0.15, 0.2) is 48.7 Å². The average Bonchev–Trinajstić information content (AvgIpc) is 2.73. The summed E-state index contributed by atoms with van der Waals surface area (Å²) in [7, 11) is 0. The zero-order valence-electron chi connectivity index (χ0n) is 17.4. The molecule has 0 spiro atoms. The van der Waals surface area contributed by atoms with Crippen LogP contribution in [0.2, 0.25) is 0 Å². The van der Waals surface area contributed by atoms with Crippen molar-refractivity contribution in [2.45, 2.75) is 32.9 Å². The lowest BCUT2D eigenvalue weighted by molar-refractivity contribution is -0.129. The van der Waals surface area contributed by atoms with E-state index in [1.807, 2.05) is 44.2 Å². The van der Waals surface area contributed by atoms with E-state index in [-0.39, 0.29) is 30.1 Å². The highest BCUT2D eigenvalue weighted by molar-refractivity contribution is 5.94. The fourth-order valence-electron chi connectivity index (χ4n) is 2.85. The number of carbonyl (C=O) groups excluding carboxylic acids is 2. The summed E-state index contributed by atoms with van der Waals surface area (Å²) < 4.78 is 0. The molecule has 160 valence electrons. The van der Waals surface area contributed by atoms with E-state index in [1.165, 1.54) is 0 Å². The van der Waals surface area contributed by atoms with Crippen LogP contribution < -0.4 is 21.7 Å². The normalized spacial score (nSPS) is 11.7. The van der Waals surface area contributed by atoms with Crippen molar-refractivity contribution in [3.05, 3.63) is 65.5 Å². The number of nitrogen functional groups attached to an aromatic ring is 1. The van der Waals surface area contributed by atoms with Gasteiger partial charge in [-0.25, -0.2) is 0 Å². The predicted molar refractivity (Wildman–Crippen MR) is 117 cm³/mol. The van der Waals surface area contributed by atoms with E-state index >= 15 is 0 Å². The second-order valence-corrected chi connectivity index (χ2v) is 7.37. The van der Waals surface area contributed by atoms with E-state index in [2.05, 4.69) is 20.9 Å². The smallest absolute Gasteiger partial charge is 0.242 e. The van der Waals surface area contributed by atoms with Gasteiger partial charge in [-0.1, -0.05) is 44.2 Å². The first kappa shape index (κ1) is 23.0. The Labute approximate surface area is 177 Å². The van der Waals surface area contributed by atoms with Crippen LogP contribution in [0.5, 0.6) is 0 Å². The number of benzene rings is 1. The topological polar surface area (TPSA) is 133 Å². The Hall–Kier alpha value is -3.26. The van der Waals surface area contributed by atoms with Crippen LogP contribution >= 0.6 is 0 Å². The monoisotopic (exact) mass is 410 g/mol. The number of hydrogen-bond donors (Lipinski definition) is 5. The molecule has 0 fully saturated rings. The molecule has 8 heteroatoms. The van der Waals surface area contributed by atoms with E-state index in [0.29, 0.717) is 25.1 Å². The third-order valence-corrected chi connectivity index (χ3v) is 4.55. The lowest BCUT2D eigenvalue weighted by Gasteiger charge is -2.22. The summed E-state index contributed by atoms with van der Waals surface area (Å²) in [5.41, 5.74) is 7.97. The Morgan fingerprint density at radius 2 is 1.87 bits per heavy atom. The van der Waals surface area contributed by atoms with Gasteiger partial charge in [0.05, 0.1) is 6.54 Å². The number of amides is 2. The highest BCUT2D eigenvalue weighted by Crippen LogP contribution is 2.04. The van der Waals surface area contributed by atoms with Crippen LogP contribution in [0.3, 0.4) is 0 Å². The lowest BCUT2D eigenvalue weighted by Crippen LogP contribution is -2.51. The molecular formula is C22H30N6O2. The number of nitrogens with zero attached hydrogens (tertiary/aromatic N) is 1. The number of hydrogen-bond acceptors (Lipinski definition) is 5. The highest BCUT2D eigenvalue weighted by atomic mass is 16.2. The molecule has 1 heterocycles. The van der Waals surface area contributed by atoms with Gasteiger partial charge in [0, 0.05) is 37.0 Å². The van der Waals surface area contributed by atoms with Crippen molar-refractivity contribution >= 4 is 17.6 Å². The number of nitrogens with one attached hydrogen (secondary N) is 4. The second-order valence-electron chi connectivity index (χ2n) is 7.37. The third kappa shape index (κ3) is 7.63. The van der Waals surface area contributed by atoms with Crippen molar-refractivity contribution in [3.63, 3.8) is 0 Å². The minimum absolute atomic E-state index is 0.0203. The van der Waals surface area contributed by atoms with Crippen LogP contribution in [0.4, 0.5) is 0 Å². The fraction of sp³-hybridized carbons (Fsp3) is 0.364. The van der Waals surface area contributed by atoms with Crippen molar-refractivity contribution in [1.29, 1.82) is 5.41 Å². The van der Waals surface area contributed by atoms with Gasteiger partial charge in [-0.05, 0) is 23.6 Å². The molecule has 2 aromatic rings. The number of nitrogens with two attached hydrogens (primary N) is 1. The number of pyridine rings is 1. The zero-order chi connectivity index (χ0) is 21.9. The van der Waals surface area contributed by atoms with Crippen LogP contribution in [0, 0.1) is 11.3 Å². The molecule has 0 bridgehead atoms. The standard InChI is InChI=1S/C22H30N6O2/c1-15(2)20(22(30)27-12-10-18-5-3-4-11-26-18)28-19(29)14-25-13-16-6-8-17(9-7-16)21(23)24/h3-9,11,15,20,25H,10,12-14H2,1-2H3,(H3,23,24)(H,27,30)(H,28,29). The third-order valence-electron chi connectivity index (χ3n) is 4.55. The van der Waals surface area contributed by atoms with Crippen LogP contribution in [0.1, 0.15) is 30.7 Å². The minimum atomic E-state index is -0.599. The summed E-state index contributed by atoms with van der Waals surface area (Å²) in [6.07, 6.45) is 2.36. The number of carbonyl (C=O) groups is 2. The van der Waals surface area contributed by atoms with E-state index in [4.69, 9.17) is 11.1 Å². The molecule has 6 N–H and O–H groups in total. The van der Waals surface area contributed by atoms with Crippen molar-refractivity contribution in [3.8, 4) is 0 Å². The quantitative estimate of drug-likeness (QED) is 0.278. The van der Waals surface area contributed by atoms with Gasteiger partial charge in [0.25, 0.3) is 0 Å². The Balaban J connectivity index is 1.75. The molecule has 2 amide bonds. The minimum Gasteiger partial charge on any atom is -0.384 e. The van der Waals surface area contributed by atoms with E-state index in [1.54, 1.807) is 18.3 Å². The van der Waals surface area contributed by atoms with Crippen molar-refractivity contribution in [2.24, 2.45) is 11.7 Å². The van der Waals surface area contributed by atoms with Crippen LogP contribution in [0.25, 0.3) is 0 Å². The molecule has 1 aromatic carbocycles. The summed E-state index contributed by atoms with van der Waals surface area (Å²) >= 11 is 0. The Morgan fingerprint density at radius 3 is 2.47 bits per heavy atom. The van der Waals surface area contributed by atoms with Crippen LogP contribution in [-0.4, -0.2) is 41.8 Å². The maximum absolute atomic E-state index is 12.5. The molecule has 8 nitrogen and oxygen atoms in total. The zero-order valence-corrected chi connectivity index (χ0v) is 17.4. The van der Waals surface area contributed by atoms with Gasteiger partial charge < -0.3 is 21.7 Å². The fourth-order valence-corrected chi connectivity index (χ4v) is 2.85. The molecule has 0 radical (unpaired) electrons. The van der Waals surface area contributed by atoms with Gasteiger partial charge in [0.1, 0.15) is 11.9 Å². The molecule has 1 aromatic heterocycles. The van der Waals surface area contributed by atoms with Crippen LogP contribution in [-0.2, 0) is 22.6 Å². The molecule has 0 aliphatic rings. The molecular weight excluding hydrogens is 380 g/mol. The summed E-state index contributed by atoms with van der Waals surface area (Å²) in [5, 5.41) is 16.1. The maximum atomic E-state index is 12.5. The van der Waals surface area contributed by atoms with Crippen molar-refractivity contribution in [2.75, 3.05) is 13.1 Å². The van der Waals surface area contributed by atoms with E-state index < -0.39 is 6.04 Å². The molecule has 0 saturated carbocycles. The van der Waals surface area contributed by atoms with Gasteiger partial charge in [-0.2, -0.15) is 0 Å². The Morgan fingerprint density at radius 1 is 1.13 bits per heavy atom.